The molecule has 0 aliphatic carbocycles. The minimum absolute atomic E-state index is 0.00713. The zero-order valence-electron chi connectivity index (χ0n) is 12.4. The average molecular weight is 270 g/mol. The predicted molar refractivity (Wildman–Crippen MR) is 83.3 cm³/mol. The fourth-order valence-electron chi connectivity index (χ4n) is 2.73. The largest absolute Gasteiger partial charge is 0.504 e. The Morgan fingerprint density at radius 3 is 2.25 bits per heavy atom. The van der Waals surface area contributed by atoms with Gasteiger partial charge in [-0.2, -0.15) is 0 Å². The zero-order valence-corrected chi connectivity index (χ0v) is 12.4. The van der Waals surface area contributed by atoms with E-state index in [1.165, 1.54) is 5.56 Å². The van der Waals surface area contributed by atoms with Gasteiger partial charge in [0.15, 0.2) is 11.5 Å². The van der Waals surface area contributed by atoms with Crippen molar-refractivity contribution in [3.05, 3.63) is 47.0 Å². The normalized spacial score (nSPS) is 10.8. The van der Waals surface area contributed by atoms with Crippen molar-refractivity contribution in [2.24, 2.45) is 0 Å². The second-order valence-corrected chi connectivity index (χ2v) is 5.02. The lowest BCUT2D eigenvalue weighted by molar-refractivity contribution is 0.404. The van der Waals surface area contributed by atoms with Crippen molar-refractivity contribution >= 4 is 0 Å². The van der Waals surface area contributed by atoms with Gasteiger partial charge in [0, 0.05) is 5.56 Å². The van der Waals surface area contributed by atoms with Crippen LogP contribution in [0.15, 0.2) is 30.3 Å². The van der Waals surface area contributed by atoms with E-state index in [-0.39, 0.29) is 11.5 Å². The van der Waals surface area contributed by atoms with Crippen LogP contribution in [0.3, 0.4) is 0 Å². The molecule has 2 nitrogen and oxygen atoms in total. The smallest absolute Gasteiger partial charge is 0.165 e. The summed E-state index contributed by atoms with van der Waals surface area (Å²) in [4.78, 5) is 0. The monoisotopic (exact) mass is 270 g/mol. The third kappa shape index (κ3) is 2.51. The van der Waals surface area contributed by atoms with E-state index in [0.717, 1.165) is 41.5 Å². The van der Waals surface area contributed by atoms with Crippen LogP contribution >= 0.6 is 0 Å². The van der Waals surface area contributed by atoms with Crippen LogP contribution in [-0.2, 0) is 19.3 Å². The summed E-state index contributed by atoms with van der Waals surface area (Å²) in [5, 5.41) is 20.3. The second-order valence-electron chi connectivity index (χ2n) is 5.02. The summed E-state index contributed by atoms with van der Waals surface area (Å²) in [6, 6.07) is 9.85. The number of benzene rings is 2. The van der Waals surface area contributed by atoms with E-state index >= 15 is 0 Å². The highest BCUT2D eigenvalue weighted by molar-refractivity contribution is 5.78. The molecule has 0 atom stereocenters. The van der Waals surface area contributed by atoms with E-state index < -0.39 is 0 Å². The Balaban J connectivity index is 2.73. The number of rotatable bonds is 4. The quantitative estimate of drug-likeness (QED) is 0.806. The van der Waals surface area contributed by atoms with E-state index in [9.17, 15) is 10.2 Å². The molecule has 0 bridgehead atoms. The van der Waals surface area contributed by atoms with Gasteiger partial charge in [-0.1, -0.05) is 45.0 Å². The molecule has 0 aliphatic rings. The lowest BCUT2D eigenvalue weighted by Crippen LogP contribution is -1.97. The fraction of sp³-hybridized carbons (Fsp3) is 0.333. The summed E-state index contributed by atoms with van der Waals surface area (Å²) in [5.74, 6) is -0.0387. The zero-order chi connectivity index (χ0) is 14.7. The van der Waals surface area contributed by atoms with Crippen molar-refractivity contribution in [3.8, 4) is 22.6 Å². The molecule has 0 amide bonds. The summed E-state index contributed by atoms with van der Waals surface area (Å²) >= 11 is 0. The van der Waals surface area contributed by atoms with Gasteiger partial charge in [-0.3, -0.25) is 0 Å². The van der Waals surface area contributed by atoms with Gasteiger partial charge >= 0.3 is 0 Å². The first kappa shape index (κ1) is 14.4. The van der Waals surface area contributed by atoms with Crippen molar-refractivity contribution in [1.82, 2.24) is 0 Å². The molecule has 0 aromatic heterocycles. The highest BCUT2D eigenvalue weighted by atomic mass is 16.3. The molecule has 2 heteroatoms. The Morgan fingerprint density at radius 2 is 1.65 bits per heavy atom. The molecule has 0 fully saturated rings. The first-order valence-corrected chi connectivity index (χ1v) is 7.28. The van der Waals surface area contributed by atoms with Crippen LogP contribution in [0.1, 0.15) is 37.5 Å². The summed E-state index contributed by atoms with van der Waals surface area (Å²) in [6.07, 6.45) is 2.63. The van der Waals surface area contributed by atoms with Crippen LogP contribution in [-0.4, -0.2) is 10.2 Å². The van der Waals surface area contributed by atoms with Crippen molar-refractivity contribution in [2.45, 2.75) is 40.0 Å². The number of aromatic hydroxyl groups is 2. The standard InChI is InChI=1S/C18H22O2/c1-4-12-8-7-9-14(10-12)17-15(6-3)13(5-2)11-16(19)18(17)20/h7-11,19-20H,4-6H2,1-3H3. The van der Waals surface area contributed by atoms with Crippen molar-refractivity contribution in [1.29, 1.82) is 0 Å². The van der Waals surface area contributed by atoms with Gasteiger partial charge in [-0.05, 0) is 47.6 Å². The minimum Gasteiger partial charge on any atom is -0.504 e. The summed E-state index contributed by atoms with van der Waals surface area (Å²) in [6.45, 7) is 6.26. The molecule has 0 saturated heterocycles. The maximum Gasteiger partial charge on any atom is 0.165 e. The van der Waals surface area contributed by atoms with E-state index in [0.29, 0.717) is 0 Å². The Kier molecular flexibility index (Phi) is 4.33. The van der Waals surface area contributed by atoms with Gasteiger partial charge in [-0.15, -0.1) is 0 Å². The van der Waals surface area contributed by atoms with E-state index in [1.54, 1.807) is 6.07 Å². The van der Waals surface area contributed by atoms with Crippen LogP contribution < -0.4 is 0 Å². The first-order chi connectivity index (χ1) is 9.62. The maximum absolute atomic E-state index is 10.3. The molecule has 0 spiro atoms. The molecule has 0 aliphatic heterocycles. The summed E-state index contributed by atoms with van der Waals surface area (Å²) in [5.41, 5.74) is 5.20. The van der Waals surface area contributed by atoms with Crippen molar-refractivity contribution < 1.29 is 10.2 Å². The lowest BCUT2D eigenvalue weighted by atomic mass is 9.90. The Bertz CT molecular complexity index is 615. The molecule has 0 saturated carbocycles. The molecule has 106 valence electrons. The Morgan fingerprint density at radius 1 is 0.900 bits per heavy atom. The molecule has 0 radical (unpaired) electrons. The highest BCUT2D eigenvalue weighted by Gasteiger charge is 2.17. The third-order valence-electron chi connectivity index (χ3n) is 3.84. The van der Waals surface area contributed by atoms with Gasteiger partial charge in [0.05, 0.1) is 0 Å². The van der Waals surface area contributed by atoms with E-state index in [1.807, 2.05) is 12.1 Å². The number of phenolic OH excluding ortho intramolecular Hbond substituents is 2. The number of hydrogen-bond donors (Lipinski definition) is 2. The van der Waals surface area contributed by atoms with Crippen LogP contribution in [0.25, 0.3) is 11.1 Å². The predicted octanol–water partition coefficient (Wildman–Crippen LogP) is 4.45. The van der Waals surface area contributed by atoms with Gasteiger partial charge in [0.1, 0.15) is 0 Å². The number of aryl methyl sites for hydroxylation is 2. The van der Waals surface area contributed by atoms with Crippen molar-refractivity contribution in [3.63, 3.8) is 0 Å². The Labute approximate surface area is 120 Å². The van der Waals surface area contributed by atoms with Crippen LogP contribution in [0.4, 0.5) is 0 Å². The van der Waals surface area contributed by atoms with Crippen LogP contribution in [0.5, 0.6) is 11.5 Å². The van der Waals surface area contributed by atoms with E-state index in [4.69, 9.17) is 0 Å². The van der Waals surface area contributed by atoms with Gasteiger partial charge in [0.2, 0.25) is 0 Å². The SMILES string of the molecule is CCc1cccc(-c2c(O)c(O)cc(CC)c2CC)c1. The molecule has 2 N–H and O–H groups in total. The first-order valence-electron chi connectivity index (χ1n) is 7.28. The minimum atomic E-state index is -0.0315. The lowest BCUT2D eigenvalue weighted by Gasteiger charge is -2.16. The highest BCUT2D eigenvalue weighted by Crippen LogP contribution is 2.41. The fourth-order valence-corrected chi connectivity index (χ4v) is 2.73. The maximum atomic E-state index is 10.3. The molecular weight excluding hydrogens is 248 g/mol. The third-order valence-corrected chi connectivity index (χ3v) is 3.84. The molecule has 0 heterocycles. The molecule has 0 unspecified atom stereocenters. The molecule has 2 aromatic carbocycles. The second kappa shape index (κ2) is 6.00. The van der Waals surface area contributed by atoms with Crippen LogP contribution in [0.2, 0.25) is 0 Å². The molecular formula is C18H22O2. The molecule has 2 rings (SSSR count). The van der Waals surface area contributed by atoms with E-state index in [2.05, 4.69) is 32.9 Å². The van der Waals surface area contributed by atoms with Gasteiger partial charge in [-0.25, -0.2) is 0 Å². The summed E-state index contributed by atoms with van der Waals surface area (Å²) < 4.78 is 0. The molecule has 20 heavy (non-hydrogen) atoms. The average Bonchev–Trinajstić information content (AvgIpc) is 2.49. The van der Waals surface area contributed by atoms with Crippen molar-refractivity contribution in [2.75, 3.05) is 0 Å². The summed E-state index contributed by atoms with van der Waals surface area (Å²) in [7, 11) is 0. The van der Waals surface area contributed by atoms with Gasteiger partial charge in [0.25, 0.3) is 0 Å². The number of phenols is 2. The Hall–Kier alpha value is -1.96. The molecule has 2 aromatic rings. The van der Waals surface area contributed by atoms with Crippen LogP contribution in [0, 0.1) is 0 Å². The number of hydrogen-bond acceptors (Lipinski definition) is 2. The topological polar surface area (TPSA) is 40.5 Å². The van der Waals surface area contributed by atoms with Gasteiger partial charge < -0.3 is 10.2 Å².